The molecule has 0 saturated heterocycles. The van der Waals surface area contributed by atoms with Crippen LogP contribution in [0.4, 0.5) is 13.2 Å². The monoisotopic (exact) mass is 482 g/mol. The number of hydrogen-bond donors (Lipinski definition) is 2. The van der Waals surface area contributed by atoms with Gasteiger partial charge in [-0.25, -0.2) is 0 Å². The van der Waals surface area contributed by atoms with Crippen molar-refractivity contribution in [3.63, 3.8) is 0 Å². The molecule has 5 nitrogen and oxygen atoms in total. The number of aliphatic imine (C=N–C) groups is 1. The van der Waals surface area contributed by atoms with Crippen molar-refractivity contribution in [3.05, 3.63) is 0 Å². The second-order valence-electron chi connectivity index (χ2n) is 6.22. The largest absolute Gasteiger partial charge is 0.401 e. The average molecular weight is 482 g/mol. The Labute approximate surface area is 167 Å². The Morgan fingerprint density at radius 2 is 1.88 bits per heavy atom. The van der Waals surface area contributed by atoms with E-state index in [2.05, 4.69) is 29.5 Å². The minimum atomic E-state index is -4.14. The highest BCUT2D eigenvalue weighted by molar-refractivity contribution is 14.0. The van der Waals surface area contributed by atoms with E-state index in [1.165, 1.54) is 11.9 Å². The summed E-state index contributed by atoms with van der Waals surface area (Å²) in [6.45, 7) is 9.11. The topological polar surface area (TPSA) is 48.9 Å². The van der Waals surface area contributed by atoms with Crippen molar-refractivity contribution in [2.45, 2.75) is 39.8 Å². The number of ether oxygens (including phenoxy) is 1. The molecule has 0 heterocycles. The van der Waals surface area contributed by atoms with Gasteiger partial charge in [0, 0.05) is 32.8 Å². The highest BCUT2D eigenvalue weighted by atomic mass is 127. The summed E-state index contributed by atoms with van der Waals surface area (Å²) < 4.78 is 42.2. The summed E-state index contributed by atoms with van der Waals surface area (Å²) in [5.41, 5.74) is 0. The van der Waals surface area contributed by atoms with E-state index in [1.54, 1.807) is 0 Å². The molecule has 0 aromatic heterocycles. The first-order valence-electron chi connectivity index (χ1n) is 8.59. The molecule has 0 fully saturated rings. The Morgan fingerprint density at radius 3 is 2.44 bits per heavy atom. The Hall–Kier alpha value is -0.290. The smallest absolute Gasteiger partial charge is 0.381 e. The first-order chi connectivity index (χ1) is 11.2. The van der Waals surface area contributed by atoms with E-state index < -0.39 is 12.7 Å². The second-order valence-corrected chi connectivity index (χ2v) is 6.22. The molecule has 0 aliphatic rings. The van der Waals surface area contributed by atoms with Crippen molar-refractivity contribution in [2.24, 2.45) is 10.9 Å². The number of nitrogens with one attached hydrogen (secondary N) is 2. The number of alkyl halides is 3. The normalized spacial score (nSPS) is 12.4. The first-order valence-corrected chi connectivity index (χ1v) is 8.59. The van der Waals surface area contributed by atoms with Crippen molar-refractivity contribution in [1.29, 1.82) is 0 Å². The summed E-state index contributed by atoms with van der Waals surface area (Å²) in [6, 6.07) is 0. The molecule has 0 aliphatic carbocycles. The van der Waals surface area contributed by atoms with Crippen molar-refractivity contribution in [1.82, 2.24) is 15.5 Å². The summed E-state index contributed by atoms with van der Waals surface area (Å²) in [7, 11) is 1.48. The lowest BCUT2D eigenvalue weighted by molar-refractivity contribution is -0.143. The van der Waals surface area contributed by atoms with Crippen LogP contribution in [-0.4, -0.2) is 70.0 Å². The van der Waals surface area contributed by atoms with Gasteiger partial charge in [-0.1, -0.05) is 13.8 Å². The lowest BCUT2D eigenvalue weighted by atomic mass is 10.2. The Bertz CT molecular complexity index is 342. The molecule has 0 aromatic carbocycles. The molecule has 0 aromatic rings. The van der Waals surface area contributed by atoms with E-state index in [0.29, 0.717) is 44.5 Å². The van der Waals surface area contributed by atoms with Gasteiger partial charge in [-0.05, 0) is 39.3 Å². The average Bonchev–Trinajstić information content (AvgIpc) is 2.44. The van der Waals surface area contributed by atoms with Crippen molar-refractivity contribution < 1.29 is 17.9 Å². The Morgan fingerprint density at radius 1 is 1.20 bits per heavy atom. The van der Waals surface area contributed by atoms with E-state index in [1.807, 2.05) is 6.92 Å². The molecule has 2 N–H and O–H groups in total. The maximum Gasteiger partial charge on any atom is 0.401 e. The van der Waals surface area contributed by atoms with Gasteiger partial charge < -0.3 is 15.4 Å². The summed E-state index contributed by atoms with van der Waals surface area (Å²) in [5, 5.41) is 6.26. The molecule has 9 heteroatoms. The maximum absolute atomic E-state index is 12.2. The molecule has 0 saturated carbocycles. The van der Waals surface area contributed by atoms with E-state index in [0.717, 1.165) is 19.6 Å². The van der Waals surface area contributed by atoms with Gasteiger partial charge >= 0.3 is 6.18 Å². The van der Waals surface area contributed by atoms with Crippen LogP contribution >= 0.6 is 24.0 Å². The van der Waals surface area contributed by atoms with Gasteiger partial charge in [0.25, 0.3) is 0 Å². The van der Waals surface area contributed by atoms with E-state index in [-0.39, 0.29) is 24.0 Å². The molecule has 0 amide bonds. The number of rotatable bonds is 12. The summed E-state index contributed by atoms with van der Waals surface area (Å²) in [5.74, 6) is 1.22. The van der Waals surface area contributed by atoms with Crippen LogP contribution in [0.2, 0.25) is 0 Å². The standard InChI is InChI=1S/C16H33F3N4O.HI/c1-5-20-15(22-9-7-11-24-12-14(2)3)21-8-6-10-23(4)13-16(17,18)19;/h14H,5-13H2,1-4H3,(H2,20,21,22);1H. The Balaban J connectivity index is 0. The molecular weight excluding hydrogens is 448 g/mol. The predicted octanol–water partition coefficient (Wildman–Crippen LogP) is 3.11. The fourth-order valence-corrected chi connectivity index (χ4v) is 1.96. The molecule has 152 valence electrons. The SMILES string of the molecule is CCNC(=NCCCOCC(C)C)NCCCN(C)CC(F)(F)F.I. The number of guanidine groups is 1. The molecule has 0 aliphatic heterocycles. The minimum Gasteiger partial charge on any atom is -0.381 e. The third-order valence-corrected chi connectivity index (χ3v) is 2.97. The number of halogens is 4. The van der Waals surface area contributed by atoms with Gasteiger partial charge in [-0.15, -0.1) is 24.0 Å². The highest BCUT2D eigenvalue weighted by Gasteiger charge is 2.28. The summed E-state index contributed by atoms with van der Waals surface area (Å²) in [6.07, 6.45) is -2.68. The molecule has 0 atom stereocenters. The third-order valence-electron chi connectivity index (χ3n) is 2.97. The fraction of sp³-hybridized carbons (Fsp3) is 0.938. The van der Waals surface area contributed by atoms with Crippen molar-refractivity contribution in [3.8, 4) is 0 Å². The molecular formula is C16H34F3IN4O. The maximum atomic E-state index is 12.2. The lowest BCUT2D eigenvalue weighted by Crippen LogP contribution is -2.39. The predicted molar refractivity (Wildman–Crippen MR) is 108 cm³/mol. The van der Waals surface area contributed by atoms with Gasteiger partial charge in [-0.2, -0.15) is 13.2 Å². The van der Waals surface area contributed by atoms with Crippen LogP contribution in [-0.2, 0) is 4.74 Å². The van der Waals surface area contributed by atoms with E-state index in [4.69, 9.17) is 4.74 Å². The van der Waals surface area contributed by atoms with Crippen LogP contribution in [0.3, 0.4) is 0 Å². The van der Waals surface area contributed by atoms with Crippen LogP contribution in [0.5, 0.6) is 0 Å². The van der Waals surface area contributed by atoms with E-state index in [9.17, 15) is 13.2 Å². The fourth-order valence-electron chi connectivity index (χ4n) is 1.96. The zero-order valence-corrected chi connectivity index (χ0v) is 18.1. The van der Waals surface area contributed by atoms with Gasteiger partial charge in [0.1, 0.15) is 0 Å². The number of nitrogens with zero attached hydrogens (tertiary/aromatic N) is 2. The molecule has 0 radical (unpaired) electrons. The van der Waals surface area contributed by atoms with Crippen LogP contribution in [0, 0.1) is 5.92 Å². The van der Waals surface area contributed by atoms with Crippen LogP contribution in [0.25, 0.3) is 0 Å². The van der Waals surface area contributed by atoms with Gasteiger partial charge in [0.15, 0.2) is 5.96 Å². The lowest BCUT2D eigenvalue weighted by Gasteiger charge is -2.18. The van der Waals surface area contributed by atoms with Crippen LogP contribution in [0.1, 0.15) is 33.6 Å². The quantitative estimate of drug-likeness (QED) is 0.194. The second kappa shape index (κ2) is 15.9. The van der Waals surface area contributed by atoms with Gasteiger partial charge in [0.2, 0.25) is 0 Å². The molecule has 0 unspecified atom stereocenters. The highest BCUT2D eigenvalue weighted by Crippen LogP contribution is 2.15. The summed E-state index contributed by atoms with van der Waals surface area (Å²) >= 11 is 0. The third kappa shape index (κ3) is 19.9. The molecule has 25 heavy (non-hydrogen) atoms. The van der Waals surface area contributed by atoms with Gasteiger partial charge in [-0.3, -0.25) is 9.89 Å². The van der Waals surface area contributed by atoms with Crippen LogP contribution < -0.4 is 10.6 Å². The van der Waals surface area contributed by atoms with Crippen LogP contribution in [0.15, 0.2) is 4.99 Å². The first kappa shape index (κ1) is 26.9. The zero-order chi connectivity index (χ0) is 18.4. The zero-order valence-electron chi connectivity index (χ0n) is 15.8. The van der Waals surface area contributed by atoms with Crippen molar-refractivity contribution >= 4 is 29.9 Å². The number of hydrogen-bond acceptors (Lipinski definition) is 3. The minimum absolute atomic E-state index is 0. The molecule has 0 bridgehead atoms. The van der Waals surface area contributed by atoms with E-state index >= 15 is 0 Å². The molecule has 0 spiro atoms. The van der Waals surface area contributed by atoms with Crippen molar-refractivity contribution in [2.75, 3.05) is 53.0 Å². The molecule has 0 rings (SSSR count). The van der Waals surface area contributed by atoms with Gasteiger partial charge in [0.05, 0.1) is 6.54 Å². The Kier molecular flexibility index (Phi) is 17.2. The summed E-state index contributed by atoms with van der Waals surface area (Å²) in [4.78, 5) is 5.70.